The zero-order valence-electron chi connectivity index (χ0n) is 6.54. The van der Waals surface area contributed by atoms with E-state index in [-0.39, 0.29) is 0 Å². The van der Waals surface area contributed by atoms with E-state index >= 15 is 0 Å². The minimum Gasteiger partial charge on any atom is -0.0989 e. The Balaban J connectivity index is 2.42. The van der Waals surface area contributed by atoms with Gasteiger partial charge in [-0.2, -0.15) is 0 Å². The average molecular weight is 172 g/mol. The van der Waals surface area contributed by atoms with Crippen LogP contribution in [0.25, 0.3) is 0 Å². The predicted molar refractivity (Wildman–Crippen MR) is 53.8 cm³/mol. The van der Waals surface area contributed by atoms with Crippen LogP contribution < -0.4 is 0 Å². The van der Waals surface area contributed by atoms with E-state index in [2.05, 4.69) is 37.6 Å². The smallest absolute Gasteiger partial charge is 0.00419 e. The van der Waals surface area contributed by atoms with Gasteiger partial charge in [0, 0.05) is 5.66 Å². The molecule has 2 unspecified atom stereocenters. The number of hydrogen-bond donors (Lipinski definition) is 0. The van der Waals surface area contributed by atoms with E-state index in [4.69, 9.17) is 0 Å². The minimum absolute atomic E-state index is 0.293. The zero-order chi connectivity index (χ0) is 7.40. The first-order valence-electron chi connectivity index (χ1n) is 3.58. The third kappa shape index (κ3) is 2.19. The molecular formula is C8H14P2. The second kappa shape index (κ2) is 4.27. The molecule has 56 valence electrons. The lowest BCUT2D eigenvalue weighted by Crippen LogP contribution is -1.98. The first-order valence-corrected chi connectivity index (χ1v) is 7.78. The Kier molecular flexibility index (Phi) is 3.60. The van der Waals surface area contributed by atoms with Crippen LogP contribution in [0, 0.1) is 0 Å². The molecule has 0 fully saturated rings. The minimum atomic E-state index is 0.293. The molecule has 1 aliphatic carbocycles. The third-order valence-electron chi connectivity index (χ3n) is 1.81. The van der Waals surface area contributed by atoms with E-state index in [1.54, 1.807) is 0 Å². The quantitative estimate of drug-likeness (QED) is 0.561. The number of allylic oxidation sites excluding steroid dienone is 4. The molecule has 0 spiro atoms. The lowest BCUT2D eigenvalue weighted by molar-refractivity contribution is 1.05. The number of hydrogen-bond acceptors (Lipinski definition) is 0. The first kappa shape index (κ1) is 8.44. The summed E-state index contributed by atoms with van der Waals surface area (Å²) in [7, 11) is 1.44. The Morgan fingerprint density at radius 1 is 1.50 bits per heavy atom. The van der Waals surface area contributed by atoms with Crippen molar-refractivity contribution in [2.45, 2.75) is 12.1 Å². The Bertz CT molecular complexity index is 149. The second-order valence-electron chi connectivity index (χ2n) is 2.45. The molecule has 10 heavy (non-hydrogen) atoms. The van der Waals surface area contributed by atoms with Crippen molar-refractivity contribution in [3.8, 4) is 0 Å². The van der Waals surface area contributed by atoms with Gasteiger partial charge in [-0.05, 0) is 19.8 Å². The Morgan fingerprint density at radius 2 is 2.30 bits per heavy atom. The van der Waals surface area contributed by atoms with Crippen molar-refractivity contribution in [1.29, 1.82) is 0 Å². The fraction of sp³-hybridized carbons (Fsp3) is 0.500. The van der Waals surface area contributed by atoms with E-state index in [1.807, 2.05) is 0 Å². The molecule has 0 aromatic rings. The number of rotatable bonds is 2. The highest BCUT2D eigenvalue weighted by Gasteiger charge is 2.10. The van der Waals surface area contributed by atoms with Crippen LogP contribution >= 0.6 is 15.9 Å². The summed E-state index contributed by atoms with van der Waals surface area (Å²) in [4.78, 5) is 0. The van der Waals surface area contributed by atoms with Gasteiger partial charge in [0.05, 0.1) is 0 Å². The Labute approximate surface area is 66.2 Å². The summed E-state index contributed by atoms with van der Waals surface area (Å²) in [5, 5.41) is 0. The van der Waals surface area contributed by atoms with Gasteiger partial charge in [-0.25, -0.2) is 0 Å². The molecule has 0 heterocycles. The molecular weight excluding hydrogens is 158 g/mol. The van der Waals surface area contributed by atoms with Gasteiger partial charge in [-0.1, -0.05) is 40.2 Å². The molecule has 0 aliphatic heterocycles. The summed E-state index contributed by atoms with van der Waals surface area (Å²) >= 11 is 0. The Morgan fingerprint density at radius 3 is 2.80 bits per heavy atom. The molecule has 1 aliphatic rings. The Hall–Kier alpha value is 0.340. The van der Waals surface area contributed by atoms with Crippen molar-refractivity contribution in [3.63, 3.8) is 0 Å². The van der Waals surface area contributed by atoms with Gasteiger partial charge in [-0.3, -0.25) is 0 Å². The molecule has 1 rings (SSSR count). The summed E-state index contributed by atoms with van der Waals surface area (Å²) in [6.45, 7) is 4.72. The lowest BCUT2D eigenvalue weighted by Gasteiger charge is -2.19. The predicted octanol–water partition coefficient (Wildman–Crippen LogP) is 3.21. The summed E-state index contributed by atoms with van der Waals surface area (Å²) in [6, 6.07) is 0. The van der Waals surface area contributed by atoms with Crippen LogP contribution in [0.4, 0.5) is 0 Å². The molecule has 2 heteroatoms. The summed E-state index contributed by atoms with van der Waals surface area (Å²) in [5.41, 5.74) is 0.878. The molecule has 0 N–H and O–H groups in total. The zero-order valence-corrected chi connectivity index (χ0v) is 8.44. The molecule has 0 aromatic heterocycles. The van der Waals surface area contributed by atoms with Crippen LogP contribution in [-0.2, 0) is 0 Å². The van der Waals surface area contributed by atoms with E-state index in [0.717, 1.165) is 13.9 Å². The largest absolute Gasteiger partial charge is 0.0989 e. The third-order valence-corrected chi connectivity index (χ3v) is 7.00. The van der Waals surface area contributed by atoms with Crippen molar-refractivity contribution in [2.75, 3.05) is 13.3 Å². The molecule has 0 nitrogen and oxygen atoms in total. The SMILES string of the molecule is CPP(C)[C@H]1C=CC=CC1. The van der Waals surface area contributed by atoms with E-state index < -0.39 is 0 Å². The molecule has 0 saturated carbocycles. The molecule has 0 saturated heterocycles. The van der Waals surface area contributed by atoms with Crippen molar-refractivity contribution < 1.29 is 0 Å². The first-order chi connectivity index (χ1) is 4.84. The van der Waals surface area contributed by atoms with Crippen molar-refractivity contribution in [3.05, 3.63) is 24.3 Å². The van der Waals surface area contributed by atoms with E-state index in [1.165, 1.54) is 6.42 Å². The maximum atomic E-state index is 2.40. The fourth-order valence-corrected chi connectivity index (χ4v) is 3.72. The fourth-order valence-electron chi connectivity index (χ4n) is 1.02. The molecule has 0 amide bonds. The standard InChI is InChI=1S/C8H14P2/c1-9-10(2)8-6-4-3-5-7-8/h3-6,8-9H,7H2,1-2H3/t8-,10?/m0/s1. The van der Waals surface area contributed by atoms with Crippen molar-refractivity contribution >= 4 is 15.9 Å². The van der Waals surface area contributed by atoms with Gasteiger partial charge >= 0.3 is 0 Å². The average Bonchev–Trinajstić information content (AvgIpc) is 2.05. The van der Waals surface area contributed by atoms with E-state index in [0.29, 0.717) is 7.61 Å². The monoisotopic (exact) mass is 172 g/mol. The molecule has 0 aromatic carbocycles. The highest BCUT2D eigenvalue weighted by molar-refractivity contribution is 8.21. The summed E-state index contributed by atoms with van der Waals surface area (Å²) in [6.07, 6.45) is 10.3. The van der Waals surface area contributed by atoms with Crippen LogP contribution in [-0.4, -0.2) is 19.0 Å². The lowest BCUT2D eigenvalue weighted by atomic mass is 10.2. The van der Waals surface area contributed by atoms with Crippen LogP contribution in [0.5, 0.6) is 0 Å². The van der Waals surface area contributed by atoms with Gasteiger partial charge in [0.25, 0.3) is 0 Å². The second-order valence-corrected chi connectivity index (χ2v) is 8.24. The van der Waals surface area contributed by atoms with Gasteiger partial charge in [0.2, 0.25) is 0 Å². The van der Waals surface area contributed by atoms with Crippen molar-refractivity contribution in [2.24, 2.45) is 0 Å². The van der Waals surface area contributed by atoms with Gasteiger partial charge in [0.1, 0.15) is 0 Å². The highest BCUT2D eigenvalue weighted by Crippen LogP contribution is 2.55. The van der Waals surface area contributed by atoms with Crippen LogP contribution in [0.2, 0.25) is 0 Å². The summed E-state index contributed by atoms with van der Waals surface area (Å²) in [5.74, 6) is 0. The topological polar surface area (TPSA) is 0 Å². The molecule has 3 atom stereocenters. The van der Waals surface area contributed by atoms with Crippen molar-refractivity contribution in [1.82, 2.24) is 0 Å². The van der Waals surface area contributed by atoms with Gasteiger partial charge in [-0.15, -0.1) is 0 Å². The van der Waals surface area contributed by atoms with Gasteiger partial charge in [0.15, 0.2) is 0 Å². The van der Waals surface area contributed by atoms with Crippen LogP contribution in [0.3, 0.4) is 0 Å². The maximum Gasteiger partial charge on any atom is 0.00419 e. The normalized spacial score (nSPS) is 28.0. The maximum absolute atomic E-state index is 2.40. The highest BCUT2D eigenvalue weighted by atomic mass is 32.0. The summed E-state index contributed by atoms with van der Waals surface area (Å²) < 4.78 is 0. The molecule has 0 radical (unpaired) electrons. The van der Waals surface area contributed by atoms with Gasteiger partial charge < -0.3 is 0 Å². The molecule has 0 bridgehead atoms. The van der Waals surface area contributed by atoms with Crippen LogP contribution in [0.15, 0.2) is 24.3 Å². The van der Waals surface area contributed by atoms with Crippen LogP contribution in [0.1, 0.15) is 6.42 Å². The van der Waals surface area contributed by atoms with E-state index in [9.17, 15) is 0 Å².